The number of carboxylic acid groups (broad SMARTS) is 1. The van der Waals surface area contributed by atoms with Crippen molar-refractivity contribution in [2.24, 2.45) is 47.3 Å². The number of aliphatic carboxylic acids is 1. The predicted octanol–water partition coefficient (Wildman–Crippen LogP) is 6.15. The number of ketones is 1. The Kier molecular flexibility index (Phi) is 15.0. The highest BCUT2D eigenvalue weighted by atomic mass is 16.8. The lowest BCUT2D eigenvalue weighted by Gasteiger charge is -2.54. The normalized spacial score (nSPS) is 48.6. The highest BCUT2D eigenvalue weighted by Crippen LogP contribution is 2.56. The summed E-state index contributed by atoms with van der Waals surface area (Å²) in [7, 11) is 1.70. The monoisotopic (exact) mass is 867 g/mol. The first-order valence-electron chi connectivity index (χ1n) is 23.2. The molecule has 6 aliphatic rings. The largest absolute Gasteiger partial charge is 0.481 e. The van der Waals surface area contributed by atoms with Crippen LogP contribution in [0.1, 0.15) is 134 Å². The molecule has 14 heteroatoms. The van der Waals surface area contributed by atoms with Crippen LogP contribution in [0.3, 0.4) is 0 Å². The molecule has 0 aromatic carbocycles. The van der Waals surface area contributed by atoms with E-state index in [4.69, 9.17) is 37.9 Å². The third kappa shape index (κ3) is 9.71. The fraction of sp³-hybridized carbons (Fsp3) is 0.915. The fourth-order valence-corrected chi connectivity index (χ4v) is 11.8. The molecule has 0 aliphatic carbocycles. The number of carboxylic acids is 1. The molecule has 6 heterocycles. The van der Waals surface area contributed by atoms with Gasteiger partial charge in [-0.05, 0) is 64.4 Å². The molecule has 0 saturated carbocycles. The van der Waals surface area contributed by atoms with Crippen molar-refractivity contribution >= 4 is 11.8 Å². The van der Waals surface area contributed by atoms with Crippen LogP contribution in [-0.2, 0) is 47.5 Å². The lowest BCUT2D eigenvalue weighted by Crippen LogP contribution is -2.63. The summed E-state index contributed by atoms with van der Waals surface area (Å²) in [6, 6.07) is 0. The smallest absolute Gasteiger partial charge is 0.306 e. The number of rotatable bonds is 13. The number of Topliss-reactive ketones (excluding diaryl/α,β-unsaturated/α-hetero) is 1. The quantitative estimate of drug-likeness (QED) is 0.154. The Balaban J connectivity index is 1.24. The SMILES string of the molecule is CO[C@H]1CC[C@@H](OC2C[C@H]([C@]3(C)CC[C@]4(C[C@H](O)[C@@H](C)[C@@H]([C@@H](C)/C=C(\C)C(=O)[C@H](C)C[C@H](C)C(=O)O)O4)O3)O[C@]3(O[C@@H]([C@H]4O[C@@](O)(CO)[C@H](C)C[C@@H]4C)C[C@@H]3C)[C@@H]2C)O[C@@H]1C. The van der Waals surface area contributed by atoms with Crippen molar-refractivity contribution in [3.63, 3.8) is 0 Å². The van der Waals surface area contributed by atoms with Gasteiger partial charge in [-0.2, -0.15) is 0 Å². The van der Waals surface area contributed by atoms with Crippen molar-refractivity contribution < 1.29 is 67.9 Å². The van der Waals surface area contributed by atoms with Crippen molar-refractivity contribution in [3.05, 3.63) is 11.6 Å². The maximum absolute atomic E-state index is 13.4. The van der Waals surface area contributed by atoms with E-state index in [0.29, 0.717) is 44.1 Å². The van der Waals surface area contributed by atoms with Crippen molar-refractivity contribution in [2.75, 3.05) is 13.7 Å². The van der Waals surface area contributed by atoms with Crippen LogP contribution in [0.4, 0.5) is 0 Å². The highest BCUT2D eigenvalue weighted by molar-refractivity contribution is 5.96. The molecule has 2 spiro atoms. The van der Waals surface area contributed by atoms with Crippen LogP contribution in [-0.4, -0.2) is 124 Å². The minimum Gasteiger partial charge on any atom is -0.481 e. The Morgan fingerprint density at radius 3 is 2.25 bits per heavy atom. The second kappa shape index (κ2) is 18.7. The topological polar surface area (TPSA) is 189 Å². The second-order valence-corrected chi connectivity index (χ2v) is 20.6. The van der Waals surface area contributed by atoms with Gasteiger partial charge in [-0.15, -0.1) is 0 Å². The molecule has 350 valence electrons. The molecule has 1 unspecified atom stereocenters. The molecule has 61 heavy (non-hydrogen) atoms. The number of allylic oxidation sites excluding steroid dienone is 1. The van der Waals surface area contributed by atoms with E-state index in [0.717, 1.165) is 6.42 Å². The molecule has 6 aliphatic heterocycles. The van der Waals surface area contributed by atoms with Gasteiger partial charge < -0.3 is 58.3 Å². The Hall–Kier alpha value is -1.56. The first-order chi connectivity index (χ1) is 28.5. The van der Waals surface area contributed by atoms with Gasteiger partial charge in [0.25, 0.3) is 0 Å². The molecule has 0 radical (unpaired) electrons. The molecule has 4 N–H and O–H groups in total. The molecule has 6 rings (SSSR count). The van der Waals surface area contributed by atoms with Crippen LogP contribution in [0.2, 0.25) is 0 Å². The van der Waals surface area contributed by atoms with Crippen LogP contribution < -0.4 is 0 Å². The number of aliphatic hydroxyl groups excluding tert-OH is 2. The molecule has 0 aromatic heterocycles. The summed E-state index contributed by atoms with van der Waals surface area (Å²) in [4.78, 5) is 24.8. The van der Waals surface area contributed by atoms with Crippen molar-refractivity contribution in [2.45, 2.75) is 212 Å². The van der Waals surface area contributed by atoms with E-state index in [1.165, 1.54) is 0 Å². The molecule has 6 saturated heterocycles. The van der Waals surface area contributed by atoms with Gasteiger partial charge in [0.05, 0.1) is 67.0 Å². The average molecular weight is 867 g/mol. The van der Waals surface area contributed by atoms with E-state index in [9.17, 15) is 30.0 Å². The van der Waals surface area contributed by atoms with Gasteiger partial charge >= 0.3 is 5.97 Å². The number of carbonyl (C=O) groups is 2. The zero-order chi connectivity index (χ0) is 45.0. The van der Waals surface area contributed by atoms with Gasteiger partial charge in [-0.1, -0.05) is 61.5 Å². The van der Waals surface area contributed by atoms with E-state index >= 15 is 0 Å². The summed E-state index contributed by atoms with van der Waals surface area (Å²) >= 11 is 0. The van der Waals surface area contributed by atoms with Gasteiger partial charge in [0.15, 0.2) is 29.4 Å². The molecule has 14 nitrogen and oxygen atoms in total. The molecule has 0 aromatic rings. The first-order valence-corrected chi connectivity index (χ1v) is 23.2. The Morgan fingerprint density at radius 2 is 1.61 bits per heavy atom. The summed E-state index contributed by atoms with van der Waals surface area (Å²) in [6.45, 7) is 20.9. The Bertz CT molecular complexity index is 1570. The number of ether oxygens (including phenoxy) is 8. The lowest BCUT2D eigenvalue weighted by atomic mass is 9.76. The molecular formula is C47H78O14. The zero-order valence-electron chi connectivity index (χ0n) is 38.8. The zero-order valence-corrected chi connectivity index (χ0v) is 38.8. The number of hydrogen-bond donors (Lipinski definition) is 4. The summed E-state index contributed by atoms with van der Waals surface area (Å²) < 4.78 is 53.9. The summed E-state index contributed by atoms with van der Waals surface area (Å²) in [5, 5.41) is 42.5. The number of methoxy groups -OCH3 is 1. The van der Waals surface area contributed by atoms with Gasteiger partial charge in [0.1, 0.15) is 0 Å². The molecule has 21 atom stereocenters. The minimum atomic E-state index is -1.66. The average Bonchev–Trinajstić information content (AvgIpc) is 3.71. The van der Waals surface area contributed by atoms with Crippen LogP contribution in [0, 0.1) is 47.3 Å². The van der Waals surface area contributed by atoms with E-state index in [1.54, 1.807) is 27.9 Å². The van der Waals surface area contributed by atoms with Gasteiger partial charge in [-0.25, -0.2) is 0 Å². The molecule has 0 bridgehead atoms. The molecule has 6 fully saturated rings. The van der Waals surface area contributed by atoms with E-state index in [1.807, 2.05) is 33.8 Å². The van der Waals surface area contributed by atoms with Gasteiger partial charge in [-0.3, -0.25) is 9.59 Å². The summed E-state index contributed by atoms with van der Waals surface area (Å²) in [5.74, 6) is -7.01. The van der Waals surface area contributed by atoms with Crippen LogP contribution >= 0.6 is 0 Å². The van der Waals surface area contributed by atoms with Crippen LogP contribution in [0.25, 0.3) is 0 Å². The van der Waals surface area contributed by atoms with Crippen molar-refractivity contribution in [1.82, 2.24) is 0 Å². The minimum absolute atomic E-state index is 0.0130. The maximum atomic E-state index is 13.4. The predicted molar refractivity (Wildman–Crippen MR) is 224 cm³/mol. The first kappa shape index (κ1) is 48.9. The third-order valence-corrected chi connectivity index (χ3v) is 15.9. The number of hydrogen-bond acceptors (Lipinski definition) is 13. The maximum Gasteiger partial charge on any atom is 0.306 e. The third-order valence-electron chi connectivity index (χ3n) is 15.9. The van der Waals surface area contributed by atoms with Gasteiger partial charge in [0.2, 0.25) is 0 Å². The number of carbonyl (C=O) groups excluding carboxylic acids is 1. The fourth-order valence-electron chi connectivity index (χ4n) is 11.8. The molecule has 0 amide bonds. The van der Waals surface area contributed by atoms with Gasteiger partial charge in [0, 0.05) is 68.3 Å². The van der Waals surface area contributed by atoms with Crippen LogP contribution in [0.5, 0.6) is 0 Å². The standard InChI is InChI=1S/C47H78O14/c1-24(40(50)25(2)18-28(5)43(51)52)17-26(3)41-31(8)34(49)22-45(59-41)16-15-44(11,61-45)38-21-36(56-39-14-13-35(54-12)33(10)55-39)32(9)47(58-38)30(7)20-37(57-47)42-27(4)19-29(6)46(53,23-48)60-42/h17,25-39,41-42,48-49,53H,13-16,18-23H2,1-12H3,(H,51,52)/b24-17+/t25-,26+,27+,28+,29-,30+,31-,32-,33-,34+,35+,36?,37-,38-,39-,41-,42+,44+,45-,46+,47+/m1/s1. The lowest BCUT2D eigenvalue weighted by molar-refractivity contribution is -0.390. The van der Waals surface area contributed by atoms with E-state index in [-0.39, 0.29) is 72.4 Å². The number of aliphatic hydroxyl groups is 3. The van der Waals surface area contributed by atoms with E-state index in [2.05, 4.69) is 27.7 Å². The van der Waals surface area contributed by atoms with Crippen LogP contribution in [0.15, 0.2) is 11.6 Å². The van der Waals surface area contributed by atoms with E-state index < -0.39 is 84.2 Å². The second-order valence-electron chi connectivity index (χ2n) is 20.6. The van der Waals surface area contributed by atoms with Crippen molar-refractivity contribution in [1.29, 1.82) is 0 Å². The summed E-state index contributed by atoms with van der Waals surface area (Å²) in [5.41, 5.74) is -0.326. The Labute approximate surface area is 363 Å². The highest BCUT2D eigenvalue weighted by Gasteiger charge is 2.65. The Morgan fingerprint density at radius 1 is 0.902 bits per heavy atom. The van der Waals surface area contributed by atoms with Crippen molar-refractivity contribution in [3.8, 4) is 0 Å². The summed E-state index contributed by atoms with van der Waals surface area (Å²) in [6.07, 6.45) is 3.25. The molecular weight excluding hydrogens is 789 g/mol.